The van der Waals surface area contributed by atoms with Crippen LogP contribution in [0, 0.1) is 6.92 Å². The fourth-order valence-corrected chi connectivity index (χ4v) is 3.55. The van der Waals surface area contributed by atoms with Crippen LogP contribution >= 0.6 is 11.3 Å². The number of rotatable bonds is 9. The topological polar surface area (TPSA) is 100 Å². The molecule has 0 saturated heterocycles. The highest BCUT2D eigenvalue weighted by molar-refractivity contribution is 7.18. The van der Waals surface area contributed by atoms with Gasteiger partial charge in [0.2, 0.25) is 0 Å². The minimum atomic E-state index is -0.624. The smallest absolute Gasteiger partial charge is 0.348 e. The summed E-state index contributed by atoms with van der Waals surface area (Å²) >= 11 is 0.962. The van der Waals surface area contributed by atoms with Crippen LogP contribution in [0.4, 0.5) is 5.00 Å². The minimum absolute atomic E-state index is 0.134. The molecule has 1 heterocycles. The summed E-state index contributed by atoms with van der Waals surface area (Å²) in [5, 5.41) is 2.83. The van der Waals surface area contributed by atoms with E-state index < -0.39 is 17.8 Å². The van der Waals surface area contributed by atoms with Crippen molar-refractivity contribution in [1.82, 2.24) is 0 Å². The molecule has 0 aliphatic carbocycles. The predicted molar refractivity (Wildman–Crippen MR) is 108 cm³/mol. The highest BCUT2D eigenvalue weighted by Gasteiger charge is 2.27. The number of thiophene rings is 1. The van der Waals surface area contributed by atoms with Gasteiger partial charge in [-0.3, -0.25) is 4.79 Å². The summed E-state index contributed by atoms with van der Waals surface area (Å²) in [6.07, 6.45) is 0. The van der Waals surface area contributed by atoms with Gasteiger partial charge >= 0.3 is 11.9 Å². The van der Waals surface area contributed by atoms with E-state index >= 15 is 0 Å². The van der Waals surface area contributed by atoms with Crippen LogP contribution in [0.25, 0.3) is 0 Å². The van der Waals surface area contributed by atoms with Crippen LogP contribution in [0.5, 0.6) is 11.5 Å². The Hall–Kier alpha value is -3.07. The summed E-state index contributed by atoms with van der Waals surface area (Å²) in [6, 6.07) is 6.82. The Bertz CT molecular complexity index is 891. The molecule has 1 aromatic heterocycles. The van der Waals surface area contributed by atoms with Gasteiger partial charge in [0, 0.05) is 6.07 Å². The lowest BCUT2D eigenvalue weighted by molar-refractivity contribution is -0.118. The number of methoxy groups -OCH3 is 1. The van der Waals surface area contributed by atoms with E-state index in [-0.39, 0.29) is 35.3 Å². The van der Waals surface area contributed by atoms with Crippen molar-refractivity contribution in [2.45, 2.75) is 20.8 Å². The molecule has 2 rings (SSSR count). The molecule has 0 radical (unpaired) electrons. The molecule has 0 atom stereocenters. The molecule has 0 aliphatic rings. The SMILES string of the molecule is CCOC(=O)c1sc(NC(=O)COc2cccc(OC)c2)c(C(=O)OCC)c1C. The summed E-state index contributed by atoms with van der Waals surface area (Å²) in [4.78, 5) is 37.1. The average Bonchev–Trinajstić information content (AvgIpc) is 3.03. The number of esters is 2. The largest absolute Gasteiger partial charge is 0.497 e. The standard InChI is InChI=1S/C20H23NO7S/c1-5-26-19(23)16-12(3)17(20(24)27-6-2)29-18(16)21-15(22)11-28-14-9-7-8-13(10-14)25-4/h7-10H,5-6,11H2,1-4H3,(H,21,22). The van der Waals surface area contributed by atoms with E-state index in [0.717, 1.165) is 11.3 Å². The van der Waals surface area contributed by atoms with Crippen LogP contribution in [0.3, 0.4) is 0 Å². The number of anilines is 1. The van der Waals surface area contributed by atoms with Crippen molar-refractivity contribution in [3.05, 3.63) is 40.3 Å². The van der Waals surface area contributed by atoms with E-state index in [2.05, 4.69) is 5.32 Å². The Kier molecular flexibility index (Phi) is 8.02. The fraction of sp³-hybridized carbons (Fsp3) is 0.350. The molecule has 0 spiro atoms. The molecule has 0 fully saturated rings. The molecule has 0 unspecified atom stereocenters. The Labute approximate surface area is 172 Å². The Morgan fingerprint density at radius 2 is 1.69 bits per heavy atom. The van der Waals surface area contributed by atoms with E-state index in [1.54, 1.807) is 45.0 Å². The average molecular weight is 421 g/mol. The lowest BCUT2D eigenvalue weighted by Crippen LogP contribution is -2.21. The third kappa shape index (κ3) is 5.71. The van der Waals surface area contributed by atoms with Gasteiger partial charge in [0.05, 0.1) is 25.9 Å². The number of carbonyl (C=O) groups excluding carboxylic acids is 3. The number of ether oxygens (including phenoxy) is 4. The van der Waals surface area contributed by atoms with E-state index in [1.165, 1.54) is 7.11 Å². The maximum atomic E-state index is 12.4. The van der Waals surface area contributed by atoms with Crippen LogP contribution in [-0.2, 0) is 14.3 Å². The maximum absolute atomic E-state index is 12.4. The molecule has 9 heteroatoms. The van der Waals surface area contributed by atoms with Gasteiger partial charge in [-0.15, -0.1) is 11.3 Å². The van der Waals surface area contributed by atoms with Gasteiger partial charge in [0.15, 0.2) is 6.61 Å². The van der Waals surface area contributed by atoms with Gasteiger partial charge in [-0.05, 0) is 38.5 Å². The van der Waals surface area contributed by atoms with Crippen LogP contribution in [0.2, 0.25) is 0 Å². The molecular formula is C20H23NO7S. The van der Waals surface area contributed by atoms with Crippen LogP contribution in [-0.4, -0.2) is 44.8 Å². The van der Waals surface area contributed by atoms with Gasteiger partial charge in [-0.25, -0.2) is 9.59 Å². The van der Waals surface area contributed by atoms with Crippen molar-refractivity contribution in [2.75, 3.05) is 32.2 Å². The number of hydrogen-bond acceptors (Lipinski definition) is 8. The summed E-state index contributed by atoms with van der Waals surface area (Å²) < 4.78 is 20.6. The Balaban J connectivity index is 2.18. The zero-order valence-corrected chi connectivity index (χ0v) is 17.5. The first kappa shape index (κ1) is 22.2. The Morgan fingerprint density at radius 3 is 2.34 bits per heavy atom. The van der Waals surface area contributed by atoms with Gasteiger partial charge in [0.1, 0.15) is 21.4 Å². The van der Waals surface area contributed by atoms with E-state index in [9.17, 15) is 14.4 Å². The quantitative estimate of drug-likeness (QED) is 0.619. The first-order chi connectivity index (χ1) is 13.9. The molecule has 0 saturated carbocycles. The Morgan fingerprint density at radius 1 is 1.03 bits per heavy atom. The second kappa shape index (κ2) is 10.5. The zero-order chi connectivity index (χ0) is 21.4. The van der Waals surface area contributed by atoms with E-state index in [4.69, 9.17) is 18.9 Å². The van der Waals surface area contributed by atoms with Gasteiger partial charge in [0.25, 0.3) is 5.91 Å². The van der Waals surface area contributed by atoms with Crippen molar-refractivity contribution in [3.8, 4) is 11.5 Å². The molecule has 1 amide bonds. The fourth-order valence-electron chi connectivity index (χ4n) is 2.44. The first-order valence-corrected chi connectivity index (χ1v) is 9.77. The molecule has 29 heavy (non-hydrogen) atoms. The molecule has 0 bridgehead atoms. The monoisotopic (exact) mass is 421 g/mol. The van der Waals surface area contributed by atoms with Crippen LogP contribution in [0.1, 0.15) is 39.4 Å². The molecule has 8 nitrogen and oxygen atoms in total. The molecule has 1 N–H and O–H groups in total. The van der Waals surface area contributed by atoms with Crippen molar-refractivity contribution >= 4 is 34.2 Å². The van der Waals surface area contributed by atoms with Crippen molar-refractivity contribution < 1.29 is 33.3 Å². The van der Waals surface area contributed by atoms with Gasteiger partial charge in [-0.1, -0.05) is 6.07 Å². The van der Waals surface area contributed by atoms with Crippen molar-refractivity contribution in [2.24, 2.45) is 0 Å². The van der Waals surface area contributed by atoms with Crippen molar-refractivity contribution in [3.63, 3.8) is 0 Å². The second-order valence-corrected chi connectivity index (χ2v) is 6.74. The van der Waals surface area contributed by atoms with E-state index in [1.807, 2.05) is 0 Å². The molecule has 2 aromatic rings. The molecule has 1 aromatic carbocycles. The summed E-state index contributed by atoms with van der Waals surface area (Å²) in [6.45, 7) is 5.03. The number of benzene rings is 1. The normalized spacial score (nSPS) is 10.2. The number of carbonyl (C=O) groups is 3. The molecular weight excluding hydrogens is 398 g/mol. The van der Waals surface area contributed by atoms with Gasteiger partial charge in [-0.2, -0.15) is 0 Å². The number of nitrogens with one attached hydrogen (secondary N) is 1. The number of amides is 1. The maximum Gasteiger partial charge on any atom is 0.348 e. The summed E-state index contributed by atoms with van der Waals surface area (Å²) in [5.74, 6) is -0.621. The highest BCUT2D eigenvalue weighted by atomic mass is 32.1. The lowest BCUT2D eigenvalue weighted by atomic mass is 10.1. The third-order valence-corrected chi connectivity index (χ3v) is 4.94. The first-order valence-electron chi connectivity index (χ1n) is 8.95. The molecule has 156 valence electrons. The van der Waals surface area contributed by atoms with Crippen LogP contribution in [0.15, 0.2) is 24.3 Å². The molecule has 0 aliphatic heterocycles. The predicted octanol–water partition coefficient (Wildman–Crippen LogP) is 3.44. The van der Waals surface area contributed by atoms with E-state index in [0.29, 0.717) is 17.1 Å². The van der Waals surface area contributed by atoms with Crippen LogP contribution < -0.4 is 14.8 Å². The number of hydrogen-bond donors (Lipinski definition) is 1. The highest BCUT2D eigenvalue weighted by Crippen LogP contribution is 2.34. The third-order valence-electron chi connectivity index (χ3n) is 3.75. The zero-order valence-electron chi connectivity index (χ0n) is 16.7. The summed E-state index contributed by atoms with van der Waals surface area (Å²) in [5.41, 5.74) is 0.533. The summed E-state index contributed by atoms with van der Waals surface area (Å²) in [7, 11) is 1.53. The minimum Gasteiger partial charge on any atom is -0.497 e. The van der Waals surface area contributed by atoms with Gasteiger partial charge < -0.3 is 24.3 Å². The lowest BCUT2D eigenvalue weighted by Gasteiger charge is -2.09. The second-order valence-electron chi connectivity index (χ2n) is 5.72. The van der Waals surface area contributed by atoms with Crippen molar-refractivity contribution in [1.29, 1.82) is 0 Å².